The Bertz CT molecular complexity index is 779. The van der Waals surface area contributed by atoms with Crippen LogP contribution < -0.4 is 10.5 Å². The van der Waals surface area contributed by atoms with Gasteiger partial charge in [0.05, 0.1) is 6.61 Å². The topological polar surface area (TPSA) is 74.2 Å². The van der Waals surface area contributed by atoms with Crippen molar-refractivity contribution in [2.45, 2.75) is 13.8 Å². The standard InChI is InChI=1S/C17H17N3O2/c1-3-21-14-7-4-12(5-8-14)16-19-17(22-20-16)13-6-9-15(18)11(2)10-13/h4-10H,3,18H2,1-2H3. The van der Waals surface area contributed by atoms with Gasteiger partial charge in [0.25, 0.3) is 5.89 Å². The minimum atomic E-state index is 0.479. The van der Waals surface area contributed by atoms with Crippen LogP contribution in [0.5, 0.6) is 5.75 Å². The number of rotatable bonds is 4. The SMILES string of the molecule is CCOc1ccc(-c2noc(-c3ccc(N)c(C)c3)n2)cc1. The van der Waals surface area contributed by atoms with Crippen molar-refractivity contribution in [3.05, 3.63) is 48.0 Å². The first-order valence-electron chi connectivity index (χ1n) is 7.11. The summed E-state index contributed by atoms with van der Waals surface area (Å²) < 4.78 is 10.8. The molecule has 1 heterocycles. The fourth-order valence-corrected chi connectivity index (χ4v) is 2.13. The van der Waals surface area contributed by atoms with Crippen molar-refractivity contribution in [3.8, 4) is 28.6 Å². The third-order valence-electron chi connectivity index (χ3n) is 3.37. The first-order chi connectivity index (χ1) is 10.7. The summed E-state index contributed by atoms with van der Waals surface area (Å²) in [5.74, 6) is 1.85. The summed E-state index contributed by atoms with van der Waals surface area (Å²) in [6.07, 6.45) is 0. The summed E-state index contributed by atoms with van der Waals surface area (Å²) in [7, 11) is 0. The van der Waals surface area contributed by atoms with Crippen molar-refractivity contribution in [1.29, 1.82) is 0 Å². The van der Waals surface area contributed by atoms with E-state index in [1.54, 1.807) is 0 Å². The lowest BCUT2D eigenvalue weighted by Crippen LogP contribution is -1.91. The van der Waals surface area contributed by atoms with E-state index in [0.717, 1.165) is 28.1 Å². The number of aryl methyl sites for hydroxylation is 1. The number of nitrogen functional groups attached to an aromatic ring is 1. The minimum absolute atomic E-state index is 0.479. The van der Waals surface area contributed by atoms with Crippen LogP contribution in [0.3, 0.4) is 0 Å². The maximum absolute atomic E-state index is 5.82. The number of hydrogen-bond donors (Lipinski definition) is 1. The number of ether oxygens (including phenoxy) is 1. The molecule has 3 rings (SSSR count). The van der Waals surface area contributed by atoms with Gasteiger partial charge in [-0.15, -0.1) is 0 Å². The van der Waals surface area contributed by atoms with Crippen molar-refractivity contribution in [2.75, 3.05) is 12.3 Å². The molecule has 0 fully saturated rings. The summed E-state index contributed by atoms with van der Waals surface area (Å²) in [5.41, 5.74) is 9.29. The van der Waals surface area contributed by atoms with Crippen molar-refractivity contribution in [3.63, 3.8) is 0 Å². The van der Waals surface area contributed by atoms with Crippen LogP contribution in [0.2, 0.25) is 0 Å². The highest BCUT2D eigenvalue weighted by Gasteiger charge is 2.11. The quantitative estimate of drug-likeness (QED) is 0.743. The van der Waals surface area contributed by atoms with Gasteiger partial charge < -0.3 is 15.0 Å². The Labute approximate surface area is 128 Å². The average Bonchev–Trinajstić information content (AvgIpc) is 3.01. The lowest BCUT2D eigenvalue weighted by atomic mass is 10.1. The molecule has 0 radical (unpaired) electrons. The predicted molar refractivity (Wildman–Crippen MR) is 85.5 cm³/mol. The van der Waals surface area contributed by atoms with E-state index < -0.39 is 0 Å². The highest BCUT2D eigenvalue weighted by Crippen LogP contribution is 2.25. The molecule has 0 unspecified atom stereocenters. The molecule has 5 nitrogen and oxygen atoms in total. The van der Waals surface area contributed by atoms with Crippen LogP contribution in [0.1, 0.15) is 12.5 Å². The van der Waals surface area contributed by atoms with E-state index in [-0.39, 0.29) is 0 Å². The lowest BCUT2D eigenvalue weighted by Gasteiger charge is -2.02. The largest absolute Gasteiger partial charge is 0.494 e. The summed E-state index contributed by atoms with van der Waals surface area (Å²) in [6.45, 7) is 4.54. The number of nitrogens with two attached hydrogens (primary N) is 1. The molecule has 2 aromatic carbocycles. The van der Waals surface area contributed by atoms with Gasteiger partial charge in [0.1, 0.15) is 5.75 Å². The van der Waals surface area contributed by atoms with E-state index in [1.165, 1.54) is 0 Å². The zero-order valence-corrected chi connectivity index (χ0v) is 12.5. The van der Waals surface area contributed by atoms with Gasteiger partial charge in [0, 0.05) is 16.8 Å². The first kappa shape index (κ1) is 14.1. The molecule has 0 atom stereocenters. The summed E-state index contributed by atoms with van der Waals surface area (Å²) in [4.78, 5) is 4.44. The van der Waals surface area contributed by atoms with Crippen LogP contribution in [0.15, 0.2) is 47.0 Å². The molecular formula is C17H17N3O2. The average molecular weight is 295 g/mol. The third kappa shape index (κ3) is 2.79. The fourth-order valence-electron chi connectivity index (χ4n) is 2.13. The lowest BCUT2D eigenvalue weighted by molar-refractivity contribution is 0.340. The minimum Gasteiger partial charge on any atom is -0.494 e. The molecule has 0 saturated heterocycles. The highest BCUT2D eigenvalue weighted by atomic mass is 16.5. The number of hydrogen-bond acceptors (Lipinski definition) is 5. The Balaban J connectivity index is 1.88. The van der Waals surface area contributed by atoms with E-state index in [4.69, 9.17) is 15.0 Å². The number of nitrogens with zero attached hydrogens (tertiary/aromatic N) is 2. The normalized spacial score (nSPS) is 10.6. The van der Waals surface area contributed by atoms with Crippen LogP contribution in [-0.4, -0.2) is 16.7 Å². The van der Waals surface area contributed by atoms with Crippen molar-refractivity contribution in [1.82, 2.24) is 10.1 Å². The maximum atomic E-state index is 5.82. The van der Waals surface area contributed by atoms with Gasteiger partial charge in [-0.05, 0) is 61.9 Å². The van der Waals surface area contributed by atoms with Crippen LogP contribution in [0.4, 0.5) is 5.69 Å². The monoisotopic (exact) mass is 295 g/mol. The molecule has 0 aliphatic heterocycles. The van der Waals surface area contributed by atoms with Gasteiger partial charge in [-0.1, -0.05) is 5.16 Å². The molecule has 5 heteroatoms. The van der Waals surface area contributed by atoms with Gasteiger partial charge in [0.15, 0.2) is 0 Å². The van der Waals surface area contributed by atoms with E-state index >= 15 is 0 Å². The Morgan fingerprint density at radius 3 is 2.50 bits per heavy atom. The van der Waals surface area contributed by atoms with E-state index in [9.17, 15) is 0 Å². The summed E-state index contributed by atoms with van der Waals surface area (Å²) in [6, 6.07) is 13.3. The Morgan fingerprint density at radius 2 is 1.82 bits per heavy atom. The van der Waals surface area contributed by atoms with Crippen LogP contribution in [-0.2, 0) is 0 Å². The van der Waals surface area contributed by atoms with Crippen LogP contribution in [0.25, 0.3) is 22.8 Å². The molecule has 2 N–H and O–H groups in total. The Morgan fingerprint density at radius 1 is 1.09 bits per heavy atom. The zero-order chi connectivity index (χ0) is 15.5. The van der Waals surface area contributed by atoms with Gasteiger partial charge >= 0.3 is 0 Å². The van der Waals surface area contributed by atoms with Crippen LogP contribution >= 0.6 is 0 Å². The third-order valence-corrected chi connectivity index (χ3v) is 3.37. The second-order valence-electron chi connectivity index (χ2n) is 4.95. The van der Waals surface area contributed by atoms with E-state index in [1.807, 2.05) is 56.3 Å². The van der Waals surface area contributed by atoms with Gasteiger partial charge in [-0.25, -0.2) is 0 Å². The van der Waals surface area contributed by atoms with Crippen molar-refractivity contribution in [2.24, 2.45) is 0 Å². The Kier molecular flexibility index (Phi) is 3.78. The fraction of sp³-hybridized carbons (Fsp3) is 0.176. The number of aromatic nitrogens is 2. The van der Waals surface area contributed by atoms with Crippen LogP contribution in [0, 0.1) is 6.92 Å². The molecule has 3 aromatic rings. The molecular weight excluding hydrogens is 278 g/mol. The van der Waals surface area contributed by atoms with Gasteiger partial charge in [0.2, 0.25) is 5.82 Å². The second-order valence-corrected chi connectivity index (χ2v) is 4.95. The number of anilines is 1. The molecule has 0 bridgehead atoms. The number of benzene rings is 2. The zero-order valence-electron chi connectivity index (χ0n) is 12.5. The van der Waals surface area contributed by atoms with E-state index in [0.29, 0.717) is 18.3 Å². The molecule has 0 amide bonds. The predicted octanol–water partition coefficient (Wildman–Crippen LogP) is 3.69. The molecule has 112 valence electrons. The molecule has 1 aromatic heterocycles. The highest BCUT2D eigenvalue weighted by molar-refractivity contribution is 5.63. The summed E-state index contributed by atoms with van der Waals surface area (Å²) in [5, 5.41) is 4.03. The van der Waals surface area contributed by atoms with Gasteiger partial charge in [-0.2, -0.15) is 4.98 Å². The molecule has 22 heavy (non-hydrogen) atoms. The maximum Gasteiger partial charge on any atom is 0.258 e. The Hall–Kier alpha value is -2.82. The van der Waals surface area contributed by atoms with Crippen molar-refractivity contribution < 1.29 is 9.26 Å². The first-order valence-corrected chi connectivity index (χ1v) is 7.11. The van der Waals surface area contributed by atoms with Gasteiger partial charge in [-0.3, -0.25) is 0 Å². The van der Waals surface area contributed by atoms with E-state index in [2.05, 4.69) is 10.1 Å². The molecule has 0 aliphatic rings. The smallest absolute Gasteiger partial charge is 0.258 e. The molecule has 0 aliphatic carbocycles. The summed E-state index contributed by atoms with van der Waals surface area (Å²) >= 11 is 0. The second kappa shape index (κ2) is 5.89. The molecule has 0 spiro atoms. The van der Waals surface area contributed by atoms with Crippen molar-refractivity contribution >= 4 is 5.69 Å². The molecule has 0 saturated carbocycles.